The lowest BCUT2D eigenvalue weighted by atomic mass is 10.1. The monoisotopic (exact) mass is 267 g/mol. The Morgan fingerprint density at radius 3 is 2.76 bits per heavy atom. The molecule has 17 heavy (non-hydrogen) atoms. The van der Waals surface area contributed by atoms with Crippen molar-refractivity contribution in [1.82, 2.24) is 10.3 Å². The summed E-state index contributed by atoms with van der Waals surface area (Å²) in [5.74, 6) is 0.353. The summed E-state index contributed by atoms with van der Waals surface area (Å²) in [5, 5.41) is 3.37. The van der Waals surface area contributed by atoms with Gasteiger partial charge in [0.2, 0.25) is 0 Å². The second kappa shape index (κ2) is 4.62. The van der Waals surface area contributed by atoms with Crippen LogP contribution in [0.5, 0.6) is 0 Å². The van der Waals surface area contributed by atoms with Crippen LogP contribution >= 0.6 is 12.2 Å². The normalized spacial score (nSPS) is 19.6. The molecule has 0 bridgehead atoms. The largest absolute Gasteiger partial charge is 0.325 e. The van der Waals surface area contributed by atoms with E-state index in [2.05, 4.69) is 15.3 Å². The topological polar surface area (TPSA) is 54.4 Å². The molecule has 2 heterocycles. The maximum atomic E-state index is 12.1. The first-order valence-corrected chi connectivity index (χ1v) is 6.91. The van der Waals surface area contributed by atoms with Crippen molar-refractivity contribution in [2.75, 3.05) is 0 Å². The third-order valence-corrected chi connectivity index (χ3v) is 4.16. The van der Waals surface area contributed by atoms with E-state index in [4.69, 9.17) is 12.2 Å². The van der Waals surface area contributed by atoms with Crippen molar-refractivity contribution in [2.24, 2.45) is 4.99 Å². The van der Waals surface area contributed by atoms with Gasteiger partial charge in [-0.05, 0) is 26.0 Å². The van der Waals surface area contributed by atoms with E-state index in [0.29, 0.717) is 15.9 Å². The molecule has 0 spiro atoms. The quantitative estimate of drug-likeness (QED) is 0.823. The molecule has 1 aliphatic rings. The Balaban J connectivity index is 2.11. The molecule has 4 nitrogen and oxygen atoms in total. The van der Waals surface area contributed by atoms with Crippen LogP contribution in [0.15, 0.2) is 29.4 Å². The second-order valence-corrected chi connectivity index (χ2v) is 6.02. The van der Waals surface area contributed by atoms with Crippen LogP contribution in [0, 0.1) is 0 Å². The highest BCUT2D eigenvalue weighted by molar-refractivity contribution is 8.00. The third kappa shape index (κ3) is 2.76. The molecule has 0 aliphatic carbocycles. The minimum absolute atomic E-state index is 0.353. The summed E-state index contributed by atoms with van der Waals surface area (Å²) in [6.45, 7) is 3.79. The lowest BCUT2D eigenvalue weighted by Gasteiger charge is -2.10. The predicted octanol–water partition coefficient (Wildman–Crippen LogP) is 1.40. The van der Waals surface area contributed by atoms with Crippen LogP contribution in [0.25, 0.3) is 0 Å². The highest BCUT2D eigenvalue weighted by Crippen LogP contribution is 2.17. The molecule has 1 aromatic rings. The molecule has 0 amide bonds. The van der Waals surface area contributed by atoms with Crippen LogP contribution in [0.4, 0.5) is 0 Å². The number of aliphatic imine (C=N–C) groups is 1. The van der Waals surface area contributed by atoms with Gasteiger partial charge in [0.15, 0.2) is 5.17 Å². The molecule has 1 unspecified atom stereocenters. The molecule has 6 heteroatoms. The highest BCUT2D eigenvalue weighted by atomic mass is 32.2. The lowest BCUT2D eigenvalue weighted by Crippen LogP contribution is -2.34. The number of pyridine rings is 1. The Kier molecular flexibility index (Phi) is 3.35. The fraction of sp³-hybridized carbons (Fsp3) is 0.364. The van der Waals surface area contributed by atoms with E-state index in [1.54, 1.807) is 6.20 Å². The number of nitrogens with one attached hydrogen (secondary N) is 1. The molecule has 0 saturated carbocycles. The number of thiocarbonyl (C=S) groups is 1. The van der Waals surface area contributed by atoms with Crippen LogP contribution in [-0.2, 0) is 16.6 Å². The van der Waals surface area contributed by atoms with Crippen molar-refractivity contribution < 1.29 is 4.21 Å². The van der Waals surface area contributed by atoms with Crippen LogP contribution in [0.1, 0.15) is 19.5 Å². The van der Waals surface area contributed by atoms with Gasteiger partial charge in [0.25, 0.3) is 0 Å². The Bertz CT molecular complexity index is 497. The first-order valence-electron chi connectivity index (χ1n) is 5.18. The molecule has 1 aromatic heterocycles. The maximum absolute atomic E-state index is 12.1. The Morgan fingerprint density at radius 1 is 1.47 bits per heavy atom. The number of hydrogen-bond acceptors (Lipinski definition) is 4. The second-order valence-electron chi connectivity index (χ2n) is 4.24. The van der Waals surface area contributed by atoms with Gasteiger partial charge in [-0.2, -0.15) is 0 Å². The standard InChI is InChI=1S/C11H13N3OS2/c1-11(2)9(16)13-10(14-11)17(15)7-8-5-3-4-6-12-8/h3-6H,7H2,1-2H3,(H,13,14,16). The molecule has 0 aromatic carbocycles. The van der Waals surface area contributed by atoms with E-state index in [9.17, 15) is 4.21 Å². The zero-order valence-corrected chi connectivity index (χ0v) is 11.3. The molecule has 1 N–H and O–H groups in total. The van der Waals surface area contributed by atoms with Gasteiger partial charge in [0.05, 0.1) is 22.2 Å². The van der Waals surface area contributed by atoms with E-state index in [1.807, 2.05) is 32.0 Å². The minimum atomic E-state index is -1.22. The van der Waals surface area contributed by atoms with Crippen molar-refractivity contribution in [3.63, 3.8) is 0 Å². The van der Waals surface area contributed by atoms with Crippen LogP contribution in [0.3, 0.4) is 0 Å². The molecule has 1 atom stereocenters. The van der Waals surface area contributed by atoms with E-state index < -0.39 is 16.3 Å². The number of nitrogens with zero attached hydrogens (tertiary/aromatic N) is 2. The molecule has 0 fully saturated rings. The fourth-order valence-electron chi connectivity index (χ4n) is 1.38. The molecule has 0 saturated heterocycles. The Hall–Kier alpha value is -1.14. The van der Waals surface area contributed by atoms with Crippen molar-refractivity contribution in [2.45, 2.75) is 25.1 Å². The highest BCUT2D eigenvalue weighted by Gasteiger charge is 2.32. The number of rotatable bonds is 2. The van der Waals surface area contributed by atoms with Crippen molar-refractivity contribution >= 4 is 33.2 Å². The van der Waals surface area contributed by atoms with E-state index in [0.717, 1.165) is 5.69 Å². The average molecular weight is 267 g/mol. The van der Waals surface area contributed by atoms with Gasteiger partial charge in [0.1, 0.15) is 10.5 Å². The average Bonchev–Trinajstić information content (AvgIpc) is 2.55. The van der Waals surface area contributed by atoms with Crippen LogP contribution in [0.2, 0.25) is 0 Å². The Labute approximate surface area is 108 Å². The molecule has 2 rings (SSSR count). The van der Waals surface area contributed by atoms with Gasteiger partial charge in [-0.1, -0.05) is 18.3 Å². The fourth-order valence-corrected chi connectivity index (χ4v) is 2.71. The van der Waals surface area contributed by atoms with Gasteiger partial charge in [-0.15, -0.1) is 0 Å². The van der Waals surface area contributed by atoms with E-state index >= 15 is 0 Å². The lowest BCUT2D eigenvalue weighted by molar-refractivity contribution is 0.687. The van der Waals surface area contributed by atoms with E-state index in [-0.39, 0.29) is 0 Å². The van der Waals surface area contributed by atoms with Crippen molar-refractivity contribution in [3.8, 4) is 0 Å². The summed E-state index contributed by atoms with van der Waals surface area (Å²) in [7, 11) is -1.22. The molecule has 1 aliphatic heterocycles. The first-order chi connectivity index (χ1) is 7.99. The summed E-state index contributed by atoms with van der Waals surface area (Å²) < 4.78 is 12.1. The SMILES string of the molecule is CC1(C)N=C(S(=O)Cc2ccccn2)NC1=S. The van der Waals surface area contributed by atoms with E-state index in [1.165, 1.54) is 0 Å². The first kappa shape index (κ1) is 12.3. The van der Waals surface area contributed by atoms with Gasteiger partial charge < -0.3 is 5.32 Å². The zero-order chi connectivity index (χ0) is 12.5. The summed E-state index contributed by atoms with van der Waals surface area (Å²) in [5.41, 5.74) is 0.329. The summed E-state index contributed by atoms with van der Waals surface area (Å²) in [6, 6.07) is 5.55. The summed E-state index contributed by atoms with van der Waals surface area (Å²) in [6.07, 6.45) is 1.69. The maximum Gasteiger partial charge on any atom is 0.193 e. The summed E-state index contributed by atoms with van der Waals surface area (Å²) in [4.78, 5) is 9.08. The van der Waals surface area contributed by atoms with Crippen molar-refractivity contribution in [1.29, 1.82) is 0 Å². The number of amidine groups is 1. The molecular formula is C11H13N3OS2. The van der Waals surface area contributed by atoms with Gasteiger partial charge in [-0.3, -0.25) is 9.19 Å². The third-order valence-electron chi connectivity index (χ3n) is 2.38. The molecule has 0 radical (unpaired) electrons. The molecular weight excluding hydrogens is 254 g/mol. The smallest absolute Gasteiger partial charge is 0.193 e. The van der Waals surface area contributed by atoms with Crippen LogP contribution < -0.4 is 5.32 Å². The zero-order valence-electron chi connectivity index (χ0n) is 9.64. The summed E-state index contributed by atoms with van der Waals surface area (Å²) >= 11 is 5.14. The van der Waals surface area contributed by atoms with Crippen molar-refractivity contribution in [3.05, 3.63) is 30.1 Å². The van der Waals surface area contributed by atoms with Crippen LogP contribution in [-0.4, -0.2) is 24.9 Å². The minimum Gasteiger partial charge on any atom is -0.325 e. The number of hydrogen-bond donors (Lipinski definition) is 1. The van der Waals surface area contributed by atoms with Gasteiger partial charge in [-0.25, -0.2) is 4.99 Å². The van der Waals surface area contributed by atoms with Gasteiger partial charge in [0, 0.05) is 6.20 Å². The Morgan fingerprint density at radius 2 is 2.24 bits per heavy atom. The predicted molar refractivity (Wildman–Crippen MR) is 73.3 cm³/mol. The molecule has 90 valence electrons. The number of aromatic nitrogens is 1. The van der Waals surface area contributed by atoms with Gasteiger partial charge >= 0.3 is 0 Å².